The maximum absolute atomic E-state index is 11.7. The average molecular weight is 317 g/mol. The molecule has 1 amide bonds. The van der Waals surface area contributed by atoms with Gasteiger partial charge in [0.2, 0.25) is 0 Å². The van der Waals surface area contributed by atoms with E-state index in [-0.39, 0.29) is 17.2 Å². The van der Waals surface area contributed by atoms with Crippen molar-refractivity contribution in [2.75, 3.05) is 20.3 Å². The van der Waals surface area contributed by atoms with Crippen molar-refractivity contribution in [1.82, 2.24) is 5.32 Å². The number of nitrogens with one attached hydrogen (secondary N) is 1. The summed E-state index contributed by atoms with van der Waals surface area (Å²) in [6.07, 6.45) is 0. The Labute approximate surface area is 113 Å². The van der Waals surface area contributed by atoms with Gasteiger partial charge >= 0.3 is 0 Å². The number of alkyl halides is 1. The lowest BCUT2D eigenvalue weighted by molar-refractivity contribution is -0.385. The predicted molar refractivity (Wildman–Crippen MR) is 69.9 cm³/mol. The molecule has 0 radical (unpaired) electrons. The van der Waals surface area contributed by atoms with E-state index in [9.17, 15) is 14.9 Å². The highest BCUT2D eigenvalue weighted by molar-refractivity contribution is 9.08. The fourth-order valence-corrected chi connectivity index (χ4v) is 1.83. The molecule has 98 valence electrons. The van der Waals surface area contributed by atoms with Crippen molar-refractivity contribution in [1.29, 1.82) is 0 Å². The molecule has 0 heterocycles. The third-order valence-electron chi connectivity index (χ3n) is 2.28. The second-order valence-corrected chi connectivity index (χ2v) is 4.04. The highest BCUT2D eigenvalue weighted by atomic mass is 79.9. The number of halogens is 1. The van der Waals surface area contributed by atoms with Crippen LogP contribution in [0, 0.1) is 10.1 Å². The van der Waals surface area contributed by atoms with Crippen LogP contribution in [0.5, 0.6) is 0 Å². The minimum atomic E-state index is -0.497. The van der Waals surface area contributed by atoms with E-state index in [2.05, 4.69) is 21.2 Å². The third-order valence-corrected chi connectivity index (χ3v) is 2.88. The van der Waals surface area contributed by atoms with E-state index in [0.717, 1.165) is 0 Å². The maximum atomic E-state index is 11.7. The van der Waals surface area contributed by atoms with Crippen LogP contribution in [0.1, 0.15) is 15.9 Å². The maximum Gasteiger partial charge on any atom is 0.274 e. The minimum absolute atomic E-state index is 0.0636. The van der Waals surface area contributed by atoms with Crippen LogP contribution in [0.4, 0.5) is 5.69 Å². The average Bonchev–Trinajstić information content (AvgIpc) is 2.38. The molecule has 1 aromatic carbocycles. The van der Waals surface area contributed by atoms with Gasteiger partial charge < -0.3 is 10.1 Å². The molecular weight excluding hydrogens is 304 g/mol. The number of benzene rings is 1. The van der Waals surface area contributed by atoms with Crippen molar-refractivity contribution < 1.29 is 14.5 Å². The lowest BCUT2D eigenvalue weighted by Gasteiger charge is -2.05. The Morgan fingerprint density at radius 1 is 1.56 bits per heavy atom. The smallest absolute Gasteiger partial charge is 0.274 e. The van der Waals surface area contributed by atoms with Crippen LogP contribution in [0.2, 0.25) is 0 Å². The van der Waals surface area contributed by atoms with Crippen LogP contribution < -0.4 is 5.32 Å². The summed E-state index contributed by atoms with van der Waals surface area (Å²) in [7, 11) is 1.53. The van der Waals surface area contributed by atoms with Crippen molar-refractivity contribution in [2.45, 2.75) is 5.33 Å². The summed E-state index contributed by atoms with van der Waals surface area (Å²) in [5.41, 5.74) is 0.738. The molecule has 0 aliphatic rings. The molecule has 0 aromatic heterocycles. The SMILES string of the molecule is COCCNC(=O)c1ccc(CBr)c([N+](=O)[O-])c1. The lowest BCUT2D eigenvalue weighted by atomic mass is 10.1. The zero-order valence-electron chi connectivity index (χ0n) is 9.81. The van der Waals surface area contributed by atoms with E-state index >= 15 is 0 Å². The standard InChI is InChI=1S/C11H13BrN2O4/c1-18-5-4-13-11(15)8-2-3-9(7-12)10(6-8)14(16)17/h2-3,6H,4-5,7H2,1H3,(H,13,15). The Kier molecular flexibility index (Phi) is 5.73. The van der Waals surface area contributed by atoms with E-state index in [1.54, 1.807) is 12.1 Å². The predicted octanol–water partition coefficient (Wildman–Crippen LogP) is 1.87. The summed E-state index contributed by atoms with van der Waals surface area (Å²) in [4.78, 5) is 22.0. The zero-order valence-corrected chi connectivity index (χ0v) is 11.4. The number of amides is 1. The van der Waals surface area contributed by atoms with Crippen LogP contribution in [-0.2, 0) is 10.1 Å². The third kappa shape index (κ3) is 3.78. The van der Waals surface area contributed by atoms with Gasteiger partial charge in [0.15, 0.2) is 0 Å². The number of methoxy groups -OCH3 is 1. The van der Waals surface area contributed by atoms with Gasteiger partial charge in [0.05, 0.1) is 11.5 Å². The number of carbonyl (C=O) groups is 1. The number of nitro groups is 1. The van der Waals surface area contributed by atoms with Gasteiger partial charge in [-0.3, -0.25) is 14.9 Å². The van der Waals surface area contributed by atoms with E-state index < -0.39 is 4.92 Å². The summed E-state index contributed by atoms with van der Waals surface area (Å²) < 4.78 is 4.80. The number of rotatable bonds is 6. The Bertz CT molecular complexity index is 451. The van der Waals surface area contributed by atoms with Gasteiger partial charge in [0, 0.05) is 36.2 Å². The van der Waals surface area contributed by atoms with E-state index in [1.165, 1.54) is 13.2 Å². The van der Waals surface area contributed by atoms with Crippen molar-refractivity contribution in [2.24, 2.45) is 0 Å². The van der Waals surface area contributed by atoms with Gasteiger partial charge in [-0.05, 0) is 6.07 Å². The number of hydrogen-bond acceptors (Lipinski definition) is 4. The van der Waals surface area contributed by atoms with E-state index in [1.807, 2.05) is 0 Å². The van der Waals surface area contributed by atoms with Crippen LogP contribution >= 0.6 is 15.9 Å². The largest absolute Gasteiger partial charge is 0.383 e. The molecule has 0 aliphatic carbocycles. The number of ether oxygens (including phenoxy) is 1. The molecule has 18 heavy (non-hydrogen) atoms. The molecule has 0 saturated heterocycles. The molecule has 1 rings (SSSR count). The van der Waals surface area contributed by atoms with Gasteiger partial charge in [-0.2, -0.15) is 0 Å². The molecule has 0 saturated carbocycles. The first kappa shape index (κ1) is 14.6. The lowest BCUT2D eigenvalue weighted by Crippen LogP contribution is -2.27. The van der Waals surface area contributed by atoms with E-state index in [0.29, 0.717) is 24.0 Å². The summed E-state index contributed by atoms with van der Waals surface area (Å²) in [6, 6.07) is 4.41. The van der Waals surface area contributed by atoms with Crippen LogP contribution in [0.25, 0.3) is 0 Å². The molecule has 0 unspecified atom stereocenters. The molecule has 1 N–H and O–H groups in total. The molecular formula is C11H13BrN2O4. The molecule has 0 bridgehead atoms. The summed E-state index contributed by atoms with van der Waals surface area (Å²) in [5.74, 6) is -0.351. The first-order valence-electron chi connectivity index (χ1n) is 5.20. The van der Waals surface area contributed by atoms with Gasteiger partial charge in [-0.25, -0.2) is 0 Å². The molecule has 0 spiro atoms. The molecule has 0 aliphatic heterocycles. The number of hydrogen-bond donors (Lipinski definition) is 1. The van der Waals surface area contributed by atoms with Gasteiger partial charge in [-0.1, -0.05) is 22.0 Å². The van der Waals surface area contributed by atoms with Crippen molar-refractivity contribution in [3.8, 4) is 0 Å². The number of nitro benzene ring substituents is 1. The highest BCUT2D eigenvalue weighted by Crippen LogP contribution is 2.22. The number of nitrogens with zero attached hydrogens (tertiary/aromatic N) is 1. The van der Waals surface area contributed by atoms with Crippen LogP contribution in [0.3, 0.4) is 0 Å². The Morgan fingerprint density at radius 2 is 2.28 bits per heavy atom. The Morgan fingerprint density at radius 3 is 2.83 bits per heavy atom. The van der Waals surface area contributed by atoms with Crippen molar-refractivity contribution in [3.05, 3.63) is 39.4 Å². The monoisotopic (exact) mass is 316 g/mol. The Balaban J connectivity index is 2.87. The van der Waals surface area contributed by atoms with Crippen molar-refractivity contribution in [3.63, 3.8) is 0 Å². The van der Waals surface area contributed by atoms with Gasteiger partial charge in [0.25, 0.3) is 11.6 Å². The fraction of sp³-hybridized carbons (Fsp3) is 0.364. The normalized spacial score (nSPS) is 10.1. The molecule has 0 fully saturated rings. The first-order valence-corrected chi connectivity index (χ1v) is 6.32. The van der Waals surface area contributed by atoms with E-state index in [4.69, 9.17) is 4.74 Å². The molecule has 6 nitrogen and oxygen atoms in total. The molecule has 7 heteroatoms. The zero-order chi connectivity index (χ0) is 13.5. The Hall–Kier alpha value is -1.47. The second-order valence-electron chi connectivity index (χ2n) is 3.48. The topological polar surface area (TPSA) is 81.5 Å². The second kappa shape index (κ2) is 7.07. The highest BCUT2D eigenvalue weighted by Gasteiger charge is 2.16. The molecule has 1 aromatic rings. The molecule has 0 atom stereocenters. The van der Waals surface area contributed by atoms with Crippen LogP contribution in [0.15, 0.2) is 18.2 Å². The van der Waals surface area contributed by atoms with Crippen molar-refractivity contribution >= 4 is 27.5 Å². The van der Waals surface area contributed by atoms with Crippen LogP contribution in [-0.4, -0.2) is 31.1 Å². The van der Waals surface area contributed by atoms with Gasteiger partial charge in [0.1, 0.15) is 0 Å². The first-order chi connectivity index (χ1) is 8.60. The fourth-order valence-electron chi connectivity index (χ4n) is 1.36. The summed E-state index contributed by atoms with van der Waals surface area (Å²) in [6.45, 7) is 0.761. The quantitative estimate of drug-likeness (QED) is 0.376. The number of carbonyl (C=O) groups excluding carboxylic acids is 1. The van der Waals surface area contributed by atoms with Gasteiger partial charge in [-0.15, -0.1) is 0 Å². The summed E-state index contributed by atoms with van der Waals surface area (Å²) >= 11 is 3.17. The minimum Gasteiger partial charge on any atom is -0.383 e. The summed E-state index contributed by atoms with van der Waals surface area (Å²) in [5, 5.41) is 13.8.